The lowest BCUT2D eigenvalue weighted by molar-refractivity contribution is 0.0948. The van der Waals surface area contributed by atoms with Crippen LogP contribution in [0, 0.1) is 28.6 Å². The predicted molar refractivity (Wildman–Crippen MR) is 254 cm³/mol. The first-order valence-electron chi connectivity index (χ1n) is 22.0. The van der Waals surface area contributed by atoms with Crippen LogP contribution in [0.1, 0.15) is 136 Å². The molecule has 6 aromatic carbocycles. The Morgan fingerprint density at radius 3 is 1.03 bits per heavy atom. The van der Waals surface area contributed by atoms with Gasteiger partial charge in [-0.1, -0.05) is 187 Å². The van der Waals surface area contributed by atoms with Gasteiger partial charge in [0.2, 0.25) is 0 Å². The van der Waals surface area contributed by atoms with Gasteiger partial charge >= 0.3 is 0 Å². The second-order valence-electron chi connectivity index (χ2n) is 22.8. The van der Waals surface area contributed by atoms with Crippen molar-refractivity contribution in [3.8, 4) is 33.4 Å². The summed E-state index contributed by atoms with van der Waals surface area (Å²) in [4.78, 5) is 2.59. The van der Waals surface area contributed by atoms with E-state index in [9.17, 15) is 0 Å². The molecule has 0 unspecified atom stereocenters. The van der Waals surface area contributed by atoms with Gasteiger partial charge in [0.1, 0.15) is 0 Å². The van der Waals surface area contributed by atoms with Crippen LogP contribution in [0.25, 0.3) is 33.4 Å². The summed E-state index contributed by atoms with van der Waals surface area (Å²) < 4.78 is 0. The lowest BCUT2D eigenvalue weighted by Crippen LogP contribution is -2.50. The first-order chi connectivity index (χ1) is 27.5. The highest BCUT2D eigenvalue weighted by molar-refractivity contribution is 5.91. The van der Waals surface area contributed by atoms with Gasteiger partial charge in [-0.3, -0.25) is 0 Å². The van der Waals surface area contributed by atoms with Gasteiger partial charge in [0.05, 0.1) is 0 Å². The quantitative estimate of drug-likeness (QED) is 0.173. The molecule has 0 heterocycles. The molecule has 0 atom stereocenters. The van der Waals surface area contributed by atoms with E-state index in [0.29, 0.717) is 0 Å². The van der Waals surface area contributed by atoms with E-state index in [4.69, 9.17) is 0 Å². The van der Waals surface area contributed by atoms with Gasteiger partial charge < -0.3 is 4.90 Å². The fourth-order valence-corrected chi connectivity index (χ4v) is 13.7. The zero-order valence-corrected chi connectivity index (χ0v) is 38.5. The van der Waals surface area contributed by atoms with Crippen LogP contribution in [-0.2, 0) is 16.2 Å². The number of hydrogen-bond acceptors (Lipinski definition) is 1. The van der Waals surface area contributed by atoms with Crippen molar-refractivity contribution in [3.05, 3.63) is 160 Å². The third-order valence-electron chi connectivity index (χ3n) is 15.1. The zero-order valence-electron chi connectivity index (χ0n) is 38.5. The number of nitrogens with zero attached hydrogens (tertiary/aromatic N) is 1. The first kappa shape index (κ1) is 39.6. The molecule has 6 aromatic rings. The van der Waals surface area contributed by atoms with Crippen LogP contribution >= 0.6 is 0 Å². The van der Waals surface area contributed by atoms with Crippen LogP contribution in [-0.4, -0.2) is 0 Å². The number of benzene rings is 6. The van der Waals surface area contributed by atoms with E-state index in [2.05, 4.69) is 230 Å². The maximum absolute atomic E-state index is 2.59. The minimum Gasteiger partial charge on any atom is -0.310 e. The monoisotopic (exact) mass is 776 g/mol. The van der Waals surface area contributed by atoms with E-state index in [-0.39, 0.29) is 37.9 Å². The number of hydrogen-bond donors (Lipinski definition) is 0. The van der Waals surface area contributed by atoms with Crippen molar-refractivity contribution in [2.75, 3.05) is 4.90 Å². The van der Waals surface area contributed by atoms with Crippen molar-refractivity contribution in [3.63, 3.8) is 0 Å². The topological polar surface area (TPSA) is 3.24 Å². The highest BCUT2D eigenvalue weighted by Crippen LogP contribution is 2.67. The Morgan fingerprint density at radius 1 is 0.339 bits per heavy atom. The third kappa shape index (κ3) is 5.09. The highest BCUT2D eigenvalue weighted by Gasteiger charge is 2.59. The van der Waals surface area contributed by atoms with Gasteiger partial charge in [0.15, 0.2) is 0 Å². The molecule has 0 aromatic heterocycles. The lowest BCUT2D eigenvalue weighted by Gasteiger charge is -2.53. The van der Waals surface area contributed by atoms with Crippen molar-refractivity contribution in [2.24, 2.45) is 21.7 Å². The molecule has 0 saturated heterocycles. The summed E-state index contributed by atoms with van der Waals surface area (Å²) in [7, 11) is 0. The van der Waals surface area contributed by atoms with Crippen LogP contribution in [0.3, 0.4) is 0 Å². The average molecular weight is 776 g/mol. The molecule has 0 spiro atoms. The highest BCUT2D eigenvalue weighted by atomic mass is 15.1. The SMILES string of the molecule is Cc1ccc2c(c1)C(C)(C)c1cc(N(c3ccc4c(c3)C(C(C)(C)C)(C(C)(C)C)c3ccccc3-4)c3ccc4c(c3)C(C(C)(C)C)(C(C)(C)C)c3ccccc3-4)ccc1-2. The number of aryl methyl sites for hydroxylation is 1. The Balaban J connectivity index is 1.35. The number of fused-ring (bicyclic) bond motifs is 9. The molecule has 9 rings (SSSR count). The standard InChI is InChI=1S/C58H65N/c1-36-24-28-42-43-29-25-37(33-49(43)56(14,15)48(42)32-36)59(38-26-30-44-40-20-16-18-22-46(40)57(50(44)34-38,52(2,3)4)53(5,6)7)39-27-31-45-41-21-17-19-23-47(41)58(51(45)35-39,54(8,9)10)55(11,12)13/h16-35H,1-15H3. The van der Waals surface area contributed by atoms with Crippen LogP contribution in [0.15, 0.2) is 121 Å². The van der Waals surface area contributed by atoms with E-state index in [1.807, 2.05) is 0 Å². The molecule has 0 aliphatic heterocycles. The van der Waals surface area contributed by atoms with Crippen molar-refractivity contribution < 1.29 is 0 Å². The fourth-order valence-electron chi connectivity index (χ4n) is 13.7. The molecule has 1 heteroatoms. The largest absolute Gasteiger partial charge is 0.310 e. The Labute approximate surface area is 355 Å². The normalized spacial score (nSPS) is 16.8. The molecular weight excluding hydrogens is 711 g/mol. The van der Waals surface area contributed by atoms with Crippen molar-refractivity contribution >= 4 is 17.1 Å². The Morgan fingerprint density at radius 2 is 0.644 bits per heavy atom. The molecule has 59 heavy (non-hydrogen) atoms. The van der Waals surface area contributed by atoms with Gasteiger partial charge in [-0.15, -0.1) is 0 Å². The van der Waals surface area contributed by atoms with E-state index >= 15 is 0 Å². The smallest absolute Gasteiger partial charge is 0.0465 e. The van der Waals surface area contributed by atoms with Crippen LogP contribution in [0.5, 0.6) is 0 Å². The summed E-state index contributed by atoms with van der Waals surface area (Å²) >= 11 is 0. The number of rotatable bonds is 3. The maximum atomic E-state index is 2.59. The van der Waals surface area contributed by atoms with Crippen molar-refractivity contribution in [1.29, 1.82) is 0 Å². The summed E-state index contributed by atoms with van der Waals surface area (Å²) in [5, 5.41) is 0. The van der Waals surface area contributed by atoms with E-state index < -0.39 is 0 Å². The lowest BCUT2D eigenvalue weighted by atomic mass is 9.50. The minimum absolute atomic E-state index is 0.0596. The first-order valence-corrected chi connectivity index (χ1v) is 22.0. The summed E-state index contributed by atoms with van der Waals surface area (Å²) in [6.07, 6.45) is 0. The molecule has 0 saturated carbocycles. The minimum atomic E-state index is -0.222. The number of anilines is 3. The molecule has 3 aliphatic carbocycles. The molecule has 0 N–H and O–H groups in total. The second kappa shape index (κ2) is 12.3. The molecule has 0 amide bonds. The van der Waals surface area contributed by atoms with Crippen LogP contribution in [0.2, 0.25) is 0 Å². The molecule has 0 bridgehead atoms. The molecule has 0 radical (unpaired) electrons. The molecule has 0 fully saturated rings. The maximum Gasteiger partial charge on any atom is 0.0465 e. The van der Waals surface area contributed by atoms with Crippen LogP contribution in [0.4, 0.5) is 17.1 Å². The molecule has 302 valence electrons. The van der Waals surface area contributed by atoms with Crippen LogP contribution < -0.4 is 4.90 Å². The third-order valence-corrected chi connectivity index (χ3v) is 15.1. The Kier molecular flexibility index (Phi) is 8.28. The molecule has 1 nitrogen and oxygen atoms in total. The van der Waals surface area contributed by atoms with Gasteiger partial charge in [-0.2, -0.15) is 0 Å². The summed E-state index contributed by atoms with van der Waals surface area (Å²) in [6.45, 7) is 36.5. The van der Waals surface area contributed by atoms with Gasteiger partial charge in [-0.25, -0.2) is 0 Å². The fraction of sp³-hybridized carbons (Fsp3) is 0.379. The van der Waals surface area contributed by atoms with Crippen molar-refractivity contribution in [2.45, 2.75) is 120 Å². The molecule has 3 aliphatic rings. The average Bonchev–Trinajstić information content (AvgIpc) is 3.71. The summed E-state index contributed by atoms with van der Waals surface area (Å²) in [6, 6.07) is 47.6. The second-order valence-corrected chi connectivity index (χ2v) is 22.8. The van der Waals surface area contributed by atoms with Gasteiger partial charge in [0.25, 0.3) is 0 Å². The predicted octanol–water partition coefficient (Wildman–Crippen LogP) is 16.5. The Hall–Kier alpha value is -4.88. The summed E-state index contributed by atoms with van der Waals surface area (Å²) in [5.74, 6) is 0. The van der Waals surface area contributed by atoms with E-state index in [0.717, 1.165) is 0 Å². The summed E-state index contributed by atoms with van der Waals surface area (Å²) in [5.41, 5.74) is 20.8. The zero-order chi connectivity index (χ0) is 42.5. The van der Waals surface area contributed by atoms with Gasteiger partial charge in [-0.05, 0) is 132 Å². The van der Waals surface area contributed by atoms with E-state index in [1.54, 1.807) is 0 Å². The Bertz CT molecular complexity index is 2530. The van der Waals surface area contributed by atoms with E-state index in [1.165, 1.54) is 89.4 Å². The molecular formula is C58H65N. The van der Waals surface area contributed by atoms with Crippen molar-refractivity contribution in [1.82, 2.24) is 0 Å². The van der Waals surface area contributed by atoms with Gasteiger partial charge in [0, 0.05) is 33.3 Å².